The molecule has 2 rings (SSSR count). The Morgan fingerprint density at radius 3 is 3.10 bits per heavy atom. The molecule has 1 aliphatic rings. The molecule has 1 heterocycles. The lowest BCUT2D eigenvalue weighted by Crippen LogP contribution is -2.38. The highest BCUT2D eigenvalue weighted by Gasteiger charge is 2.28. The fourth-order valence-electron chi connectivity index (χ4n) is 2.41. The van der Waals surface area contributed by atoms with Gasteiger partial charge in [-0.25, -0.2) is 4.79 Å². The van der Waals surface area contributed by atoms with Crippen LogP contribution in [0.15, 0.2) is 24.3 Å². The van der Waals surface area contributed by atoms with Gasteiger partial charge in [-0.15, -0.1) is 0 Å². The van der Waals surface area contributed by atoms with Crippen LogP contribution in [0, 0.1) is 17.2 Å². The quantitative estimate of drug-likeness (QED) is 0.875. The molecule has 2 amide bonds. The molecule has 0 unspecified atom stereocenters. The lowest BCUT2D eigenvalue weighted by molar-refractivity contribution is 0.129. The van der Waals surface area contributed by atoms with Gasteiger partial charge in [-0.3, -0.25) is 0 Å². The number of likely N-dealkylation sites (tertiary alicyclic amines) is 1. The van der Waals surface area contributed by atoms with Gasteiger partial charge in [-0.05, 0) is 31.0 Å². The lowest BCUT2D eigenvalue weighted by Gasteiger charge is -2.18. The second-order valence-corrected chi connectivity index (χ2v) is 5.21. The molecule has 5 nitrogen and oxygen atoms in total. The minimum absolute atomic E-state index is 0.115. The van der Waals surface area contributed by atoms with Crippen LogP contribution in [0.5, 0.6) is 0 Å². The van der Waals surface area contributed by atoms with E-state index in [2.05, 4.69) is 11.4 Å². The maximum absolute atomic E-state index is 12.0. The Morgan fingerprint density at radius 1 is 1.65 bits per heavy atom. The molecule has 0 aromatic heterocycles. The normalized spacial score (nSPS) is 19.4. The standard InChI is InChI=1S/C15H19N3O2/c1-11(19)14-5-6-18(10-14)15(20)17-9-13-4-2-3-12(7-13)8-16/h2-4,7,11,14,19H,5-6,9-10H2,1H3,(H,17,20)/t11-,14-/m1/s1. The molecular formula is C15H19N3O2. The van der Waals surface area contributed by atoms with Crippen molar-refractivity contribution < 1.29 is 9.90 Å². The van der Waals surface area contributed by atoms with Gasteiger partial charge >= 0.3 is 6.03 Å². The highest BCUT2D eigenvalue weighted by molar-refractivity contribution is 5.74. The van der Waals surface area contributed by atoms with E-state index < -0.39 is 0 Å². The Bertz CT molecular complexity index is 522. The maximum atomic E-state index is 12.0. The van der Waals surface area contributed by atoms with Crippen molar-refractivity contribution in [3.05, 3.63) is 35.4 Å². The second-order valence-electron chi connectivity index (χ2n) is 5.21. The Kier molecular flexibility index (Phi) is 4.59. The summed E-state index contributed by atoms with van der Waals surface area (Å²) in [4.78, 5) is 13.7. The van der Waals surface area contributed by atoms with Gasteiger partial charge in [0.15, 0.2) is 0 Å². The van der Waals surface area contributed by atoms with E-state index in [1.165, 1.54) is 0 Å². The number of carbonyl (C=O) groups excluding carboxylic acids is 1. The summed E-state index contributed by atoms with van der Waals surface area (Å²) in [5.74, 6) is 0.169. The zero-order valence-electron chi connectivity index (χ0n) is 11.5. The van der Waals surface area contributed by atoms with Crippen molar-refractivity contribution >= 4 is 6.03 Å². The van der Waals surface area contributed by atoms with Crippen LogP contribution in [0.4, 0.5) is 4.79 Å². The van der Waals surface area contributed by atoms with Crippen molar-refractivity contribution in [2.75, 3.05) is 13.1 Å². The number of amides is 2. The zero-order valence-corrected chi connectivity index (χ0v) is 11.5. The zero-order chi connectivity index (χ0) is 14.5. The number of carbonyl (C=O) groups is 1. The highest BCUT2D eigenvalue weighted by atomic mass is 16.3. The first-order chi connectivity index (χ1) is 9.60. The van der Waals surface area contributed by atoms with Crippen LogP contribution in [-0.4, -0.2) is 35.2 Å². The minimum atomic E-state index is -0.375. The number of urea groups is 1. The first-order valence-corrected chi connectivity index (χ1v) is 6.80. The van der Waals surface area contributed by atoms with E-state index in [1.807, 2.05) is 6.07 Å². The average Bonchev–Trinajstić information content (AvgIpc) is 2.95. The Labute approximate surface area is 118 Å². The Hall–Kier alpha value is -2.06. The van der Waals surface area contributed by atoms with Gasteiger partial charge in [0.1, 0.15) is 0 Å². The fourth-order valence-corrected chi connectivity index (χ4v) is 2.41. The summed E-state index contributed by atoms with van der Waals surface area (Å²) in [5.41, 5.74) is 1.50. The van der Waals surface area contributed by atoms with Crippen LogP contribution in [-0.2, 0) is 6.54 Å². The van der Waals surface area contributed by atoms with Gasteiger partial charge < -0.3 is 15.3 Å². The second kappa shape index (κ2) is 6.40. The van der Waals surface area contributed by atoms with Gasteiger partial charge in [0, 0.05) is 25.6 Å². The van der Waals surface area contributed by atoms with Gasteiger partial charge in [0.2, 0.25) is 0 Å². The predicted molar refractivity (Wildman–Crippen MR) is 74.8 cm³/mol. The van der Waals surface area contributed by atoms with E-state index in [-0.39, 0.29) is 18.1 Å². The number of benzene rings is 1. The molecule has 1 aromatic carbocycles. The molecule has 0 bridgehead atoms. The summed E-state index contributed by atoms with van der Waals surface area (Å²) in [7, 11) is 0. The fraction of sp³-hybridized carbons (Fsp3) is 0.467. The van der Waals surface area contributed by atoms with Gasteiger partial charge in [-0.2, -0.15) is 5.26 Å². The number of aliphatic hydroxyl groups is 1. The lowest BCUT2D eigenvalue weighted by atomic mass is 10.0. The van der Waals surface area contributed by atoms with Crippen LogP contribution < -0.4 is 5.32 Å². The van der Waals surface area contributed by atoms with E-state index in [0.717, 1.165) is 12.0 Å². The summed E-state index contributed by atoms with van der Waals surface area (Å²) in [6.45, 7) is 3.45. The summed E-state index contributed by atoms with van der Waals surface area (Å²) in [6, 6.07) is 9.15. The molecule has 106 valence electrons. The van der Waals surface area contributed by atoms with Crippen LogP contribution in [0.25, 0.3) is 0 Å². The van der Waals surface area contributed by atoms with E-state index in [0.29, 0.717) is 25.2 Å². The van der Waals surface area contributed by atoms with Crippen LogP contribution in [0.2, 0.25) is 0 Å². The minimum Gasteiger partial charge on any atom is -0.393 e. The molecule has 0 spiro atoms. The number of nitrogens with zero attached hydrogens (tertiary/aromatic N) is 2. The Morgan fingerprint density at radius 2 is 2.45 bits per heavy atom. The first-order valence-electron chi connectivity index (χ1n) is 6.80. The number of nitriles is 1. The molecule has 0 radical (unpaired) electrons. The smallest absolute Gasteiger partial charge is 0.317 e. The largest absolute Gasteiger partial charge is 0.393 e. The van der Waals surface area contributed by atoms with Gasteiger partial charge in [0.25, 0.3) is 0 Å². The number of rotatable bonds is 3. The number of aliphatic hydroxyl groups excluding tert-OH is 1. The highest BCUT2D eigenvalue weighted by Crippen LogP contribution is 2.19. The molecule has 1 aromatic rings. The molecule has 0 aliphatic carbocycles. The molecule has 2 atom stereocenters. The van der Waals surface area contributed by atoms with Crippen LogP contribution in [0.1, 0.15) is 24.5 Å². The van der Waals surface area contributed by atoms with Gasteiger partial charge in [0.05, 0.1) is 17.7 Å². The molecule has 20 heavy (non-hydrogen) atoms. The van der Waals surface area contributed by atoms with E-state index in [1.54, 1.807) is 30.0 Å². The van der Waals surface area contributed by atoms with Gasteiger partial charge in [-0.1, -0.05) is 12.1 Å². The van der Waals surface area contributed by atoms with Crippen molar-refractivity contribution in [3.63, 3.8) is 0 Å². The molecule has 0 saturated carbocycles. The third kappa shape index (κ3) is 3.49. The monoisotopic (exact) mass is 273 g/mol. The molecule has 2 N–H and O–H groups in total. The summed E-state index contributed by atoms with van der Waals surface area (Å²) in [5, 5.41) is 21.2. The topological polar surface area (TPSA) is 76.4 Å². The van der Waals surface area contributed by atoms with Crippen molar-refractivity contribution in [1.29, 1.82) is 5.26 Å². The molecular weight excluding hydrogens is 254 g/mol. The summed E-state index contributed by atoms with van der Waals surface area (Å²) in [6.07, 6.45) is 0.467. The summed E-state index contributed by atoms with van der Waals surface area (Å²) >= 11 is 0. The predicted octanol–water partition coefficient (Wildman–Crippen LogP) is 1.47. The van der Waals surface area contributed by atoms with Crippen molar-refractivity contribution in [3.8, 4) is 6.07 Å². The maximum Gasteiger partial charge on any atom is 0.317 e. The molecule has 1 fully saturated rings. The van der Waals surface area contributed by atoms with Crippen molar-refractivity contribution in [1.82, 2.24) is 10.2 Å². The number of hydrogen-bond acceptors (Lipinski definition) is 3. The van der Waals surface area contributed by atoms with Crippen LogP contribution >= 0.6 is 0 Å². The average molecular weight is 273 g/mol. The SMILES string of the molecule is C[C@@H](O)[C@@H]1CCN(C(=O)NCc2cccc(C#N)c2)C1. The Balaban J connectivity index is 1.85. The van der Waals surface area contributed by atoms with Crippen LogP contribution in [0.3, 0.4) is 0 Å². The molecule has 1 aliphatic heterocycles. The first kappa shape index (κ1) is 14.4. The molecule has 5 heteroatoms. The third-order valence-electron chi connectivity index (χ3n) is 3.69. The number of nitrogens with one attached hydrogen (secondary N) is 1. The third-order valence-corrected chi connectivity index (χ3v) is 3.69. The van der Waals surface area contributed by atoms with Crippen molar-refractivity contribution in [2.45, 2.75) is 26.0 Å². The van der Waals surface area contributed by atoms with E-state index in [9.17, 15) is 9.90 Å². The van der Waals surface area contributed by atoms with E-state index >= 15 is 0 Å². The number of hydrogen-bond donors (Lipinski definition) is 2. The molecule has 1 saturated heterocycles. The van der Waals surface area contributed by atoms with Crippen molar-refractivity contribution in [2.24, 2.45) is 5.92 Å². The van der Waals surface area contributed by atoms with E-state index in [4.69, 9.17) is 5.26 Å². The summed E-state index contributed by atoms with van der Waals surface area (Å²) < 4.78 is 0.